The lowest BCUT2D eigenvalue weighted by molar-refractivity contribution is -0.123. The first-order valence-corrected chi connectivity index (χ1v) is 7.11. The molecule has 2 rings (SSSR count). The maximum absolute atomic E-state index is 12.1. The molecule has 1 aliphatic heterocycles. The minimum absolute atomic E-state index is 0.0567. The van der Waals surface area contributed by atoms with Crippen LogP contribution in [0.2, 0.25) is 0 Å². The Morgan fingerprint density at radius 1 is 1.24 bits per heavy atom. The van der Waals surface area contributed by atoms with Gasteiger partial charge in [-0.25, -0.2) is 0 Å². The summed E-state index contributed by atoms with van der Waals surface area (Å²) in [6, 6.07) is 0.462. The lowest BCUT2D eigenvalue weighted by Gasteiger charge is -2.21. The lowest BCUT2D eigenvalue weighted by Crippen LogP contribution is -2.47. The van der Waals surface area contributed by atoms with E-state index in [0.29, 0.717) is 11.5 Å². The molecule has 1 saturated carbocycles. The second-order valence-corrected chi connectivity index (χ2v) is 6.47. The molecule has 2 atom stereocenters. The van der Waals surface area contributed by atoms with Crippen LogP contribution in [0.25, 0.3) is 0 Å². The Balaban J connectivity index is 1.80. The van der Waals surface area contributed by atoms with Gasteiger partial charge in [0.15, 0.2) is 0 Å². The van der Waals surface area contributed by atoms with Crippen LogP contribution >= 0.6 is 0 Å². The molecule has 2 fully saturated rings. The van der Waals surface area contributed by atoms with E-state index in [9.17, 15) is 4.79 Å². The summed E-state index contributed by atoms with van der Waals surface area (Å²) in [4.78, 5) is 12.1. The summed E-state index contributed by atoms with van der Waals surface area (Å²) >= 11 is 0. The minimum Gasteiger partial charge on any atom is -0.352 e. The van der Waals surface area contributed by atoms with Crippen molar-refractivity contribution in [2.45, 2.75) is 70.9 Å². The first-order valence-electron chi connectivity index (χ1n) is 7.11. The summed E-state index contributed by atoms with van der Waals surface area (Å²) in [6.07, 6.45) is 8.16. The Morgan fingerprint density at radius 2 is 2.06 bits per heavy atom. The van der Waals surface area contributed by atoms with E-state index in [2.05, 4.69) is 24.5 Å². The van der Waals surface area contributed by atoms with Crippen molar-refractivity contribution < 1.29 is 4.79 Å². The third-order valence-corrected chi connectivity index (χ3v) is 4.19. The molecule has 1 amide bonds. The first kappa shape index (κ1) is 12.9. The average Bonchev–Trinajstić information content (AvgIpc) is 2.52. The number of nitrogens with one attached hydrogen (secondary N) is 2. The van der Waals surface area contributed by atoms with Gasteiger partial charge in [-0.1, -0.05) is 26.7 Å². The highest BCUT2D eigenvalue weighted by Gasteiger charge is 2.32. The summed E-state index contributed by atoms with van der Waals surface area (Å²) in [5, 5.41) is 6.59. The van der Waals surface area contributed by atoms with E-state index in [1.165, 1.54) is 25.7 Å². The van der Waals surface area contributed by atoms with Gasteiger partial charge >= 0.3 is 0 Å². The molecule has 0 bridgehead atoms. The molecular weight excluding hydrogens is 212 g/mol. The molecule has 0 spiro atoms. The van der Waals surface area contributed by atoms with Crippen LogP contribution in [-0.2, 0) is 4.79 Å². The van der Waals surface area contributed by atoms with Crippen LogP contribution in [0.1, 0.15) is 58.8 Å². The second-order valence-electron chi connectivity index (χ2n) is 6.47. The average molecular weight is 238 g/mol. The van der Waals surface area contributed by atoms with E-state index in [1.807, 2.05) is 0 Å². The van der Waals surface area contributed by atoms with E-state index in [-0.39, 0.29) is 11.9 Å². The van der Waals surface area contributed by atoms with Crippen molar-refractivity contribution in [3.8, 4) is 0 Å². The fraction of sp³-hybridized carbons (Fsp3) is 0.929. The summed E-state index contributed by atoms with van der Waals surface area (Å²) in [7, 11) is 0. The van der Waals surface area contributed by atoms with Gasteiger partial charge in [0.25, 0.3) is 0 Å². The van der Waals surface area contributed by atoms with Crippen molar-refractivity contribution in [2.24, 2.45) is 5.41 Å². The molecule has 17 heavy (non-hydrogen) atoms. The third kappa shape index (κ3) is 3.70. The maximum Gasteiger partial charge on any atom is 0.237 e. The number of amides is 1. The van der Waals surface area contributed by atoms with Gasteiger partial charge in [-0.15, -0.1) is 0 Å². The Hall–Kier alpha value is -0.570. The third-order valence-electron chi connectivity index (χ3n) is 4.19. The largest absolute Gasteiger partial charge is 0.352 e. The van der Waals surface area contributed by atoms with Crippen LogP contribution in [0.3, 0.4) is 0 Å². The van der Waals surface area contributed by atoms with Gasteiger partial charge in [0.1, 0.15) is 0 Å². The van der Waals surface area contributed by atoms with E-state index in [0.717, 1.165) is 25.8 Å². The van der Waals surface area contributed by atoms with Crippen LogP contribution < -0.4 is 10.6 Å². The quantitative estimate of drug-likeness (QED) is 0.774. The zero-order chi connectivity index (χ0) is 12.3. The molecule has 1 aliphatic carbocycles. The number of hydrogen-bond donors (Lipinski definition) is 2. The predicted molar refractivity (Wildman–Crippen MR) is 69.8 cm³/mol. The smallest absolute Gasteiger partial charge is 0.237 e. The van der Waals surface area contributed by atoms with Gasteiger partial charge < -0.3 is 10.6 Å². The van der Waals surface area contributed by atoms with E-state index in [4.69, 9.17) is 0 Å². The van der Waals surface area contributed by atoms with Crippen LogP contribution in [0.15, 0.2) is 0 Å². The highest BCUT2D eigenvalue weighted by molar-refractivity contribution is 5.82. The van der Waals surface area contributed by atoms with Gasteiger partial charge in [0.05, 0.1) is 6.04 Å². The van der Waals surface area contributed by atoms with Crippen LogP contribution in [0.4, 0.5) is 0 Å². The maximum atomic E-state index is 12.1. The van der Waals surface area contributed by atoms with Crippen molar-refractivity contribution in [2.75, 3.05) is 6.54 Å². The molecule has 0 aromatic heterocycles. The zero-order valence-corrected chi connectivity index (χ0v) is 11.2. The second kappa shape index (κ2) is 5.38. The highest BCUT2D eigenvalue weighted by Crippen LogP contribution is 2.36. The lowest BCUT2D eigenvalue weighted by atomic mass is 9.92. The topological polar surface area (TPSA) is 41.1 Å². The van der Waals surface area contributed by atoms with Crippen molar-refractivity contribution in [1.82, 2.24) is 10.6 Å². The molecule has 0 aromatic rings. The monoisotopic (exact) mass is 238 g/mol. The predicted octanol–water partition coefficient (Wildman–Crippen LogP) is 2.21. The van der Waals surface area contributed by atoms with Gasteiger partial charge in [-0.3, -0.25) is 4.79 Å². The molecular formula is C14H26N2O. The number of rotatable bonds is 2. The molecule has 3 nitrogen and oxygen atoms in total. The molecule has 0 radical (unpaired) electrons. The first-order chi connectivity index (χ1) is 8.07. The van der Waals surface area contributed by atoms with Gasteiger partial charge in [0.2, 0.25) is 5.91 Å². The minimum atomic E-state index is 0.0567. The molecule has 0 aromatic carbocycles. The molecule has 2 aliphatic rings. The van der Waals surface area contributed by atoms with E-state index >= 15 is 0 Å². The molecule has 3 heteroatoms. The summed E-state index contributed by atoms with van der Waals surface area (Å²) < 4.78 is 0. The van der Waals surface area contributed by atoms with Gasteiger partial charge in [-0.05, 0) is 44.1 Å². The van der Waals surface area contributed by atoms with E-state index < -0.39 is 0 Å². The van der Waals surface area contributed by atoms with Crippen molar-refractivity contribution >= 4 is 5.91 Å². The Morgan fingerprint density at radius 3 is 2.76 bits per heavy atom. The summed E-state index contributed by atoms with van der Waals surface area (Å²) in [5.41, 5.74) is 0.412. The SMILES string of the molecule is CC1(C)CCC(NC(=O)C2CCCCCN2)C1. The van der Waals surface area contributed by atoms with Crippen LogP contribution in [-0.4, -0.2) is 24.5 Å². The fourth-order valence-electron chi connectivity index (χ4n) is 3.11. The summed E-state index contributed by atoms with van der Waals surface area (Å²) in [6.45, 7) is 5.58. The standard InChI is InChI=1S/C14H26N2O/c1-14(2)8-7-11(10-14)16-13(17)12-6-4-3-5-9-15-12/h11-12,15H,3-10H2,1-2H3,(H,16,17). The Bertz CT molecular complexity index is 267. The normalized spacial score (nSPS) is 33.1. The molecule has 98 valence electrons. The molecule has 2 N–H and O–H groups in total. The van der Waals surface area contributed by atoms with Crippen LogP contribution in [0, 0.1) is 5.41 Å². The number of hydrogen-bond acceptors (Lipinski definition) is 2. The molecule has 1 heterocycles. The Labute approximate surface area is 105 Å². The summed E-state index contributed by atoms with van der Waals surface area (Å²) in [5.74, 6) is 0.231. The molecule has 2 unspecified atom stereocenters. The highest BCUT2D eigenvalue weighted by atomic mass is 16.2. The van der Waals surface area contributed by atoms with Crippen molar-refractivity contribution in [1.29, 1.82) is 0 Å². The van der Waals surface area contributed by atoms with Crippen molar-refractivity contribution in [3.63, 3.8) is 0 Å². The van der Waals surface area contributed by atoms with Gasteiger partial charge in [0, 0.05) is 6.04 Å². The fourth-order valence-corrected chi connectivity index (χ4v) is 3.11. The molecule has 1 saturated heterocycles. The van der Waals surface area contributed by atoms with Crippen molar-refractivity contribution in [3.05, 3.63) is 0 Å². The van der Waals surface area contributed by atoms with Gasteiger partial charge in [-0.2, -0.15) is 0 Å². The zero-order valence-electron chi connectivity index (χ0n) is 11.2. The Kier molecular flexibility index (Phi) is 4.08. The van der Waals surface area contributed by atoms with E-state index in [1.54, 1.807) is 0 Å². The number of carbonyl (C=O) groups is 1. The van der Waals surface area contributed by atoms with Crippen LogP contribution in [0.5, 0.6) is 0 Å². The number of carbonyl (C=O) groups excluding carboxylic acids is 1.